The third-order valence-electron chi connectivity index (χ3n) is 2.71. The van der Waals surface area contributed by atoms with Crippen LogP contribution in [0, 0.1) is 0 Å². The molecule has 5 nitrogen and oxygen atoms in total. The number of nitrogens with one attached hydrogen (secondary N) is 1. The molecule has 2 N–H and O–H groups in total. The molecule has 1 aromatic rings. The molecular weight excluding hydrogens is 226 g/mol. The minimum absolute atomic E-state index is 0.106. The first-order chi connectivity index (χ1) is 7.75. The Labute approximate surface area is 98.0 Å². The minimum Gasteiger partial charge on any atom is -0.481 e. The number of carboxylic acid groups (broad SMARTS) is 1. The lowest BCUT2D eigenvalue weighted by atomic mass is 10.0. The Morgan fingerprint density at radius 1 is 1.50 bits per heavy atom. The molecule has 6 heteroatoms. The summed E-state index contributed by atoms with van der Waals surface area (Å²) >= 11 is 1.97. The van der Waals surface area contributed by atoms with E-state index in [9.17, 15) is 4.79 Å². The largest absolute Gasteiger partial charge is 0.481 e. The number of aromatic nitrogens is 3. The fraction of sp³-hybridized carbons (Fsp3) is 0.700. The predicted octanol–water partition coefficient (Wildman–Crippen LogP) is 1.43. The summed E-state index contributed by atoms with van der Waals surface area (Å²) in [4.78, 5) is 14.8. The van der Waals surface area contributed by atoms with Gasteiger partial charge < -0.3 is 5.11 Å². The van der Waals surface area contributed by atoms with Crippen LogP contribution in [0.15, 0.2) is 0 Å². The molecule has 88 valence electrons. The molecule has 0 aliphatic carbocycles. The second-order valence-electron chi connectivity index (χ2n) is 3.92. The van der Waals surface area contributed by atoms with Gasteiger partial charge in [-0.3, -0.25) is 9.89 Å². The second kappa shape index (κ2) is 5.34. The highest BCUT2D eigenvalue weighted by Gasteiger charge is 2.19. The molecule has 16 heavy (non-hydrogen) atoms. The van der Waals surface area contributed by atoms with E-state index < -0.39 is 5.97 Å². The maximum atomic E-state index is 10.4. The average molecular weight is 241 g/mol. The van der Waals surface area contributed by atoms with Crippen LogP contribution in [0.25, 0.3) is 0 Å². The fourth-order valence-corrected chi connectivity index (χ4v) is 2.89. The van der Waals surface area contributed by atoms with Gasteiger partial charge in [0.25, 0.3) is 0 Å². The van der Waals surface area contributed by atoms with Gasteiger partial charge in [0, 0.05) is 12.3 Å². The fourth-order valence-electron chi connectivity index (χ4n) is 1.79. The van der Waals surface area contributed by atoms with Crippen molar-refractivity contribution in [2.75, 3.05) is 11.5 Å². The van der Waals surface area contributed by atoms with Crippen LogP contribution in [0.5, 0.6) is 0 Å². The van der Waals surface area contributed by atoms with E-state index in [2.05, 4.69) is 15.2 Å². The number of aliphatic carboxylic acids is 1. The van der Waals surface area contributed by atoms with Crippen molar-refractivity contribution >= 4 is 17.7 Å². The van der Waals surface area contributed by atoms with Gasteiger partial charge >= 0.3 is 5.97 Å². The number of H-pyrrole nitrogens is 1. The number of aromatic amines is 1. The van der Waals surface area contributed by atoms with E-state index >= 15 is 0 Å². The molecule has 1 saturated heterocycles. The quantitative estimate of drug-likeness (QED) is 0.833. The van der Waals surface area contributed by atoms with Crippen LogP contribution in [0.1, 0.15) is 36.8 Å². The van der Waals surface area contributed by atoms with E-state index in [1.807, 2.05) is 11.8 Å². The summed E-state index contributed by atoms with van der Waals surface area (Å²) in [5, 5.41) is 15.6. The molecule has 0 atom stereocenters. The van der Waals surface area contributed by atoms with Gasteiger partial charge in [-0.05, 0) is 24.3 Å². The van der Waals surface area contributed by atoms with E-state index in [-0.39, 0.29) is 6.42 Å². The van der Waals surface area contributed by atoms with Crippen LogP contribution in [0.2, 0.25) is 0 Å². The molecule has 1 aromatic heterocycles. The molecule has 0 spiro atoms. The van der Waals surface area contributed by atoms with E-state index in [4.69, 9.17) is 5.11 Å². The lowest BCUT2D eigenvalue weighted by Gasteiger charge is -2.17. The molecule has 1 fully saturated rings. The van der Waals surface area contributed by atoms with Gasteiger partial charge in [-0.2, -0.15) is 16.9 Å². The van der Waals surface area contributed by atoms with Gasteiger partial charge in [0.1, 0.15) is 5.82 Å². The summed E-state index contributed by atoms with van der Waals surface area (Å²) in [7, 11) is 0. The van der Waals surface area contributed by atoms with Crippen LogP contribution in [-0.4, -0.2) is 37.8 Å². The zero-order valence-corrected chi connectivity index (χ0v) is 9.79. The summed E-state index contributed by atoms with van der Waals surface area (Å²) < 4.78 is 0. The Kier molecular flexibility index (Phi) is 3.82. The number of carboxylic acids is 1. The molecule has 0 saturated carbocycles. The van der Waals surface area contributed by atoms with Crippen LogP contribution in [0.4, 0.5) is 0 Å². The number of hydrogen-bond acceptors (Lipinski definition) is 4. The van der Waals surface area contributed by atoms with Crippen molar-refractivity contribution in [3.8, 4) is 0 Å². The van der Waals surface area contributed by atoms with Crippen LogP contribution in [-0.2, 0) is 11.2 Å². The van der Waals surface area contributed by atoms with Gasteiger partial charge in [-0.15, -0.1) is 0 Å². The Balaban J connectivity index is 1.93. The lowest BCUT2D eigenvalue weighted by molar-refractivity contribution is -0.137. The van der Waals surface area contributed by atoms with Gasteiger partial charge in [-0.25, -0.2) is 4.98 Å². The number of hydrogen-bond donors (Lipinski definition) is 2. The normalized spacial score (nSPS) is 17.5. The van der Waals surface area contributed by atoms with Crippen molar-refractivity contribution in [2.24, 2.45) is 0 Å². The van der Waals surface area contributed by atoms with Gasteiger partial charge in [0.2, 0.25) is 0 Å². The number of rotatable bonds is 4. The molecule has 0 bridgehead atoms. The minimum atomic E-state index is -0.799. The van der Waals surface area contributed by atoms with Crippen LogP contribution in [0.3, 0.4) is 0 Å². The van der Waals surface area contributed by atoms with Gasteiger partial charge in [0.05, 0.1) is 6.42 Å². The summed E-state index contributed by atoms with van der Waals surface area (Å²) in [6.07, 6.45) is 2.79. The molecule has 2 heterocycles. The van der Waals surface area contributed by atoms with E-state index in [0.29, 0.717) is 18.2 Å². The van der Waals surface area contributed by atoms with Crippen molar-refractivity contribution in [3.05, 3.63) is 11.6 Å². The second-order valence-corrected chi connectivity index (χ2v) is 5.15. The summed E-state index contributed by atoms with van der Waals surface area (Å²) in [6, 6.07) is 0. The zero-order valence-electron chi connectivity index (χ0n) is 8.98. The monoisotopic (exact) mass is 241 g/mol. The topological polar surface area (TPSA) is 78.9 Å². The first-order valence-electron chi connectivity index (χ1n) is 5.46. The predicted molar refractivity (Wildman–Crippen MR) is 61.6 cm³/mol. The van der Waals surface area contributed by atoms with E-state index in [1.165, 1.54) is 11.5 Å². The van der Waals surface area contributed by atoms with Crippen molar-refractivity contribution < 1.29 is 9.90 Å². The smallest absolute Gasteiger partial charge is 0.303 e. The summed E-state index contributed by atoms with van der Waals surface area (Å²) in [5.74, 6) is 3.55. The lowest BCUT2D eigenvalue weighted by Crippen LogP contribution is -2.09. The van der Waals surface area contributed by atoms with E-state index in [1.54, 1.807) is 0 Å². The highest BCUT2D eigenvalue weighted by atomic mass is 32.2. The Bertz CT molecular complexity index is 361. The third-order valence-corrected chi connectivity index (χ3v) is 3.76. The first kappa shape index (κ1) is 11.4. The molecule has 2 rings (SSSR count). The molecule has 0 radical (unpaired) electrons. The van der Waals surface area contributed by atoms with Crippen molar-refractivity contribution in [1.29, 1.82) is 0 Å². The standard InChI is InChI=1S/C10H15N3O2S/c14-9(15)2-1-8-11-10(13-12-8)7-3-5-16-6-4-7/h7H,1-6H2,(H,14,15)(H,11,12,13). The molecule has 1 aliphatic heterocycles. The number of nitrogens with zero attached hydrogens (tertiary/aromatic N) is 2. The van der Waals surface area contributed by atoms with Crippen molar-refractivity contribution in [2.45, 2.75) is 31.6 Å². The maximum Gasteiger partial charge on any atom is 0.303 e. The SMILES string of the molecule is O=C(O)CCc1nc(C2CCSCC2)n[nH]1. The average Bonchev–Trinajstić information content (AvgIpc) is 2.76. The van der Waals surface area contributed by atoms with Crippen LogP contribution >= 0.6 is 11.8 Å². The third kappa shape index (κ3) is 2.98. The highest BCUT2D eigenvalue weighted by molar-refractivity contribution is 7.99. The van der Waals surface area contributed by atoms with Crippen molar-refractivity contribution in [3.63, 3.8) is 0 Å². The molecule has 1 aliphatic rings. The molecule has 0 aromatic carbocycles. The zero-order chi connectivity index (χ0) is 11.4. The van der Waals surface area contributed by atoms with Gasteiger partial charge in [0.15, 0.2) is 5.82 Å². The Morgan fingerprint density at radius 3 is 2.94 bits per heavy atom. The Hall–Kier alpha value is -1.04. The van der Waals surface area contributed by atoms with Gasteiger partial charge in [-0.1, -0.05) is 0 Å². The maximum absolute atomic E-state index is 10.4. The molecule has 0 unspecified atom stereocenters. The highest BCUT2D eigenvalue weighted by Crippen LogP contribution is 2.29. The number of thioether (sulfide) groups is 1. The number of aryl methyl sites for hydroxylation is 1. The molecular formula is C10H15N3O2S. The first-order valence-corrected chi connectivity index (χ1v) is 6.62. The summed E-state index contributed by atoms with van der Waals surface area (Å²) in [5.41, 5.74) is 0. The number of carbonyl (C=O) groups is 1. The summed E-state index contributed by atoms with van der Waals surface area (Å²) in [6.45, 7) is 0. The van der Waals surface area contributed by atoms with E-state index in [0.717, 1.165) is 18.7 Å². The van der Waals surface area contributed by atoms with Crippen molar-refractivity contribution in [1.82, 2.24) is 15.2 Å². The Morgan fingerprint density at radius 2 is 2.25 bits per heavy atom. The van der Waals surface area contributed by atoms with Crippen LogP contribution < -0.4 is 0 Å². The molecule has 0 amide bonds.